The van der Waals surface area contributed by atoms with Crippen LogP contribution in [0.5, 0.6) is 0 Å². The molecule has 0 aliphatic heterocycles. The van der Waals surface area contributed by atoms with Gasteiger partial charge >= 0.3 is 0 Å². The number of nitrogens with zero attached hydrogens (tertiary/aromatic N) is 1. The van der Waals surface area contributed by atoms with Crippen molar-refractivity contribution in [1.82, 2.24) is 9.99 Å². The molecule has 0 unspecified atom stereocenters. The van der Waals surface area contributed by atoms with Gasteiger partial charge in [-0.3, -0.25) is 10.2 Å². The predicted molar refractivity (Wildman–Crippen MR) is 83.9 cm³/mol. The Morgan fingerprint density at radius 2 is 2.00 bits per heavy atom. The van der Waals surface area contributed by atoms with E-state index in [1.54, 1.807) is 6.07 Å². The molecule has 106 valence electrons. The number of aromatic nitrogens is 1. The zero-order chi connectivity index (χ0) is 14.8. The third-order valence-corrected chi connectivity index (χ3v) is 3.66. The van der Waals surface area contributed by atoms with Gasteiger partial charge in [-0.2, -0.15) is 0 Å². The second kappa shape index (κ2) is 5.42. The number of hydrazine groups is 1. The third kappa shape index (κ3) is 2.53. The summed E-state index contributed by atoms with van der Waals surface area (Å²) in [5.41, 5.74) is 6.14. The Morgan fingerprint density at radius 3 is 2.81 bits per heavy atom. The normalized spacial score (nSPS) is 10.8. The van der Waals surface area contributed by atoms with Gasteiger partial charge in [0.2, 0.25) is 0 Å². The summed E-state index contributed by atoms with van der Waals surface area (Å²) in [6, 6.07) is 16.0. The largest absolute Gasteiger partial charge is 0.343 e. The molecule has 1 amide bonds. The minimum Gasteiger partial charge on any atom is -0.343 e. The molecule has 4 nitrogen and oxygen atoms in total. The van der Waals surface area contributed by atoms with Crippen molar-refractivity contribution in [3.63, 3.8) is 0 Å². The molecule has 3 rings (SSSR count). The van der Waals surface area contributed by atoms with Gasteiger partial charge in [-0.1, -0.05) is 29.8 Å². The van der Waals surface area contributed by atoms with E-state index in [2.05, 4.69) is 41.2 Å². The molecule has 4 heteroatoms. The van der Waals surface area contributed by atoms with Crippen molar-refractivity contribution >= 4 is 16.8 Å². The molecule has 1 heterocycles. The maximum atomic E-state index is 11.8. The van der Waals surface area contributed by atoms with Crippen LogP contribution in [0.25, 0.3) is 10.9 Å². The standard InChI is InChI=1S/C17H17N3O/c1-12-6-7-16-13(10-12)8-9-20(16)11-14-4-2-3-5-15(14)17(21)19-18/h2-10H,11,18H2,1H3,(H,19,21). The van der Waals surface area contributed by atoms with Crippen LogP contribution < -0.4 is 11.3 Å². The van der Waals surface area contributed by atoms with Crippen LogP contribution in [-0.4, -0.2) is 10.5 Å². The number of fused-ring (bicyclic) bond motifs is 1. The van der Waals surface area contributed by atoms with Crippen LogP contribution in [0.3, 0.4) is 0 Å². The third-order valence-electron chi connectivity index (χ3n) is 3.66. The molecule has 0 radical (unpaired) electrons. The molecule has 0 saturated carbocycles. The van der Waals surface area contributed by atoms with Crippen molar-refractivity contribution in [3.05, 3.63) is 71.4 Å². The van der Waals surface area contributed by atoms with Gasteiger partial charge in [0.25, 0.3) is 5.91 Å². The molecule has 2 aromatic carbocycles. The molecule has 3 N–H and O–H groups in total. The first-order valence-electron chi connectivity index (χ1n) is 6.83. The Balaban J connectivity index is 2.01. The number of hydrogen-bond donors (Lipinski definition) is 2. The summed E-state index contributed by atoms with van der Waals surface area (Å²) >= 11 is 0. The summed E-state index contributed by atoms with van der Waals surface area (Å²) in [5, 5.41) is 1.20. The fourth-order valence-corrected chi connectivity index (χ4v) is 2.60. The van der Waals surface area contributed by atoms with E-state index in [4.69, 9.17) is 5.84 Å². The number of nitrogens with two attached hydrogens (primary N) is 1. The minimum absolute atomic E-state index is 0.266. The first kappa shape index (κ1) is 13.4. The van der Waals surface area contributed by atoms with Crippen LogP contribution in [0.2, 0.25) is 0 Å². The molecule has 3 aromatic rings. The van der Waals surface area contributed by atoms with E-state index >= 15 is 0 Å². The fourth-order valence-electron chi connectivity index (χ4n) is 2.60. The van der Waals surface area contributed by atoms with Gasteiger partial charge in [-0.25, -0.2) is 5.84 Å². The predicted octanol–water partition coefficient (Wildman–Crippen LogP) is 2.60. The van der Waals surface area contributed by atoms with E-state index in [1.807, 2.05) is 24.4 Å². The highest BCUT2D eigenvalue weighted by Gasteiger charge is 2.10. The molecule has 0 aliphatic carbocycles. The summed E-state index contributed by atoms with van der Waals surface area (Å²) in [4.78, 5) is 11.8. The van der Waals surface area contributed by atoms with Crippen molar-refractivity contribution in [3.8, 4) is 0 Å². The van der Waals surface area contributed by atoms with Crippen molar-refractivity contribution in [2.75, 3.05) is 0 Å². The monoisotopic (exact) mass is 279 g/mol. The highest BCUT2D eigenvalue weighted by Crippen LogP contribution is 2.20. The summed E-state index contributed by atoms with van der Waals surface area (Å²) in [5.74, 6) is 4.98. The maximum Gasteiger partial charge on any atom is 0.265 e. The number of nitrogen functional groups attached to an aromatic ring is 1. The molecule has 21 heavy (non-hydrogen) atoms. The average Bonchev–Trinajstić information content (AvgIpc) is 2.89. The highest BCUT2D eigenvalue weighted by molar-refractivity contribution is 5.95. The lowest BCUT2D eigenvalue weighted by Gasteiger charge is -2.10. The lowest BCUT2D eigenvalue weighted by Crippen LogP contribution is -2.31. The van der Waals surface area contributed by atoms with E-state index < -0.39 is 0 Å². The first-order chi connectivity index (χ1) is 10.2. The van der Waals surface area contributed by atoms with Gasteiger partial charge in [0.1, 0.15) is 0 Å². The zero-order valence-electron chi connectivity index (χ0n) is 11.8. The maximum absolute atomic E-state index is 11.8. The summed E-state index contributed by atoms with van der Waals surface area (Å²) in [7, 11) is 0. The number of benzene rings is 2. The number of carbonyl (C=O) groups excluding carboxylic acids is 1. The van der Waals surface area contributed by atoms with E-state index in [-0.39, 0.29) is 5.91 Å². The van der Waals surface area contributed by atoms with Gasteiger partial charge in [-0.05, 0) is 42.1 Å². The van der Waals surface area contributed by atoms with Crippen molar-refractivity contribution in [2.24, 2.45) is 5.84 Å². The van der Waals surface area contributed by atoms with Crippen LogP contribution in [-0.2, 0) is 6.54 Å². The molecule has 0 atom stereocenters. The Hall–Kier alpha value is -2.59. The SMILES string of the molecule is Cc1ccc2c(ccn2Cc2ccccc2C(=O)NN)c1. The quantitative estimate of drug-likeness (QED) is 0.440. The number of nitrogens with one attached hydrogen (secondary N) is 1. The summed E-state index contributed by atoms with van der Waals surface area (Å²) in [6.45, 7) is 2.72. The van der Waals surface area contributed by atoms with Crippen molar-refractivity contribution < 1.29 is 4.79 Å². The topological polar surface area (TPSA) is 60.0 Å². The second-order valence-electron chi connectivity index (χ2n) is 5.14. The molecule has 1 aromatic heterocycles. The van der Waals surface area contributed by atoms with Crippen LogP contribution in [0.15, 0.2) is 54.7 Å². The first-order valence-corrected chi connectivity index (χ1v) is 6.83. The Morgan fingerprint density at radius 1 is 1.19 bits per heavy atom. The van der Waals surface area contributed by atoms with Gasteiger partial charge in [0.15, 0.2) is 0 Å². The van der Waals surface area contributed by atoms with E-state index in [9.17, 15) is 4.79 Å². The number of carbonyl (C=O) groups is 1. The minimum atomic E-state index is -0.266. The summed E-state index contributed by atoms with van der Waals surface area (Å²) in [6.07, 6.45) is 2.04. The van der Waals surface area contributed by atoms with Crippen molar-refractivity contribution in [1.29, 1.82) is 0 Å². The molecule has 0 fully saturated rings. The number of aryl methyl sites for hydroxylation is 1. The molecule has 0 bridgehead atoms. The van der Waals surface area contributed by atoms with Crippen LogP contribution >= 0.6 is 0 Å². The van der Waals surface area contributed by atoms with Gasteiger partial charge in [0.05, 0.1) is 0 Å². The highest BCUT2D eigenvalue weighted by atomic mass is 16.2. The van der Waals surface area contributed by atoms with Gasteiger partial charge in [0, 0.05) is 23.8 Å². The smallest absolute Gasteiger partial charge is 0.265 e. The van der Waals surface area contributed by atoms with Gasteiger partial charge in [-0.15, -0.1) is 0 Å². The van der Waals surface area contributed by atoms with Crippen molar-refractivity contribution in [2.45, 2.75) is 13.5 Å². The molecule has 0 saturated heterocycles. The zero-order valence-corrected chi connectivity index (χ0v) is 11.8. The summed E-state index contributed by atoms with van der Waals surface area (Å²) < 4.78 is 2.14. The van der Waals surface area contributed by atoms with E-state index in [0.29, 0.717) is 12.1 Å². The molecule has 0 aliphatic rings. The lowest BCUT2D eigenvalue weighted by molar-refractivity contribution is 0.0952. The molecule has 0 spiro atoms. The molecular formula is C17H17N3O. The Labute approximate surface area is 123 Å². The lowest BCUT2D eigenvalue weighted by atomic mass is 10.1. The fraction of sp³-hybridized carbons (Fsp3) is 0.118. The van der Waals surface area contributed by atoms with E-state index in [1.165, 1.54) is 10.9 Å². The average molecular weight is 279 g/mol. The number of hydrogen-bond acceptors (Lipinski definition) is 2. The second-order valence-corrected chi connectivity index (χ2v) is 5.14. The Bertz CT molecular complexity index is 805. The van der Waals surface area contributed by atoms with Crippen LogP contribution in [0.4, 0.5) is 0 Å². The number of rotatable bonds is 3. The Kier molecular flexibility index (Phi) is 3.46. The van der Waals surface area contributed by atoms with E-state index in [0.717, 1.165) is 11.1 Å². The number of amides is 1. The van der Waals surface area contributed by atoms with Crippen LogP contribution in [0, 0.1) is 6.92 Å². The van der Waals surface area contributed by atoms with Crippen LogP contribution in [0.1, 0.15) is 21.5 Å². The molecular weight excluding hydrogens is 262 g/mol. The van der Waals surface area contributed by atoms with Gasteiger partial charge < -0.3 is 4.57 Å².